The molecule has 0 spiro atoms. The summed E-state index contributed by atoms with van der Waals surface area (Å²) in [4.78, 5) is 9.99. The lowest BCUT2D eigenvalue weighted by molar-refractivity contribution is 0.577. The molecule has 0 amide bonds. The Balaban J connectivity index is 1.54. The monoisotopic (exact) mass is 377 g/mol. The molecule has 0 saturated carbocycles. The number of nitrogen functional groups attached to an aromatic ring is 1. The summed E-state index contributed by atoms with van der Waals surface area (Å²) in [6.45, 7) is 0.678. The molecular weight excluding hydrogens is 362 g/mol. The summed E-state index contributed by atoms with van der Waals surface area (Å²) in [5.41, 5.74) is 8.60. The number of rotatable bonds is 4. The fraction of sp³-hybridized carbons (Fsp3) is 0.111. The molecular formula is C18H15N7OS. The van der Waals surface area contributed by atoms with Crippen LogP contribution in [0.3, 0.4) is 0 Å². The first-order chi connectivity index (χ1) is 13.2. The third kappa shape index (κ3) is 2.72. The number of thiol groups is 1. The van der Waals surface area contributed by atoms with E-state index in [4.69, 9.17) is 10.2 Å². The predicted molar refractivity (Wildman–Crippen MR) is 104 cm³/mol. The highest BCUT2D eigenvalue weighted by molar-refractivity contribution is 7.80. The van der Waals surface area contributed by atoms with E-state index in [0.29, 0.717) is 29.4 Å². The number of furan rings is 1. The zero-order valence-electron chi connectivity index (χ0n) is 14.1. The van der Waals surface area contributed by atoms with E-state index in [-0.39, 0.29) is 5.95 Å². The van der Waals surface area contributed by atoms with Crippen molar-refractivity contribution in [3.05, 3.63) is 54.4 Å². The van der Waals surface area contributed by atoms with E-state index >= 15 is 0 Å². The Morgan fingerprint density at radius 1 is 1.07 bits per heavy atom. The SMILES string of the molecule is Nc1nc2c(cnn2CCc2ccc(S)cc2)c2nc(-c3ccco3)nn12. The maximum atomic E-state index is 6.11. The van der Waals surface area contributed by atoms with Gasteiger partial charge in [0.2, 0.25) is 11.8 Å². The van der Waals surface area contributed by atoms with E-state index in [1.165, 1.54) is 10.1 Å². The molecule has 0 bridgehead atoms. The van der Waals surface area contributed by atoms with Crippen molar-refractivity contribution in [2.45, 2.75) is 17.9 Å². The Labute approximate surface area is 159 Å². The Kier molecular flexibility index (Phi) is 3.61. The first-order valence-corrected chi connectivity index (χ1v) is 8.83. The van der Waals surface area contributed by atoms with E-state index < -0.39 is 0 Å². The minimum Gasteiger partial charge on any atom is -0.461 e. The number of aromatic nitrogens is 6. The largest absolute Gasteiger partial charge is 0.461 e. The topological polar surface area (TPSA) is 100 Å². The molecule has 0 aliphatic heterocycles. The average Bonchev–Trinajstić information content (AvgIpc) is 3.40. The standard InChI is InChI=1S/C18H15N7OS/c19-18-22-16-13(17-21-15(23-25(17)18)14-2-1-9-26-14)10-20-24(16)8-7-11-3-5-12(27)6-4-11/h1-6,9-10,27H,7-8H2,(H2,19,22). The van der Waals surface area contributed by atoms with Gasteiger partial charge in [-0.15, -0.1) is 17.7 Å². The van der Waals surface area contributed by atoms with Gasteiger partial charge in [0.25, 0.3) is 0 Å². The summed E-state index contributed by atoms with van der Waals surface area (Å²) in [6, 6.07) is 11.7. The second-order valence-electron chi connectivity index (χ2n) is 6.14. The van der Waals surface area contributed by atoms with Crippen LogP contribution < -0.4 is 5.73 Å². The van der Waals surface area contributed by atoms with Crippen LogP contribution >= 0.6 is 12.6 Å². The second-order valence-corrected chi connectivity index (χ2v) is 6.66. The average molecular weight is 377 g/mol. The third-order valence-corrected chi connectivity index (χ3v) is 4.69. The number of fused-ring (bicyclic) bond motifs is 3. The smallest absolute Gasteiger partial charge is 0.225 e. The summed E-state index contributed by atoms with van der Waals surface area (Å²) >= 11 is 4.31. The van der Waals surface area contributed by atoms with Crippen molar-refractivity contribution in [1.82, 2.24) is 29.4 Å². The summed E-state index contributed by atoms with van der Waals surface area (Å²) in [5, 5.41) is 9.66. The Morgan fingerprint density at radius 2 is 1.93 bits per heavy atom. The van der Waals surface area contributed by atoms with Crippen LogP contribution in [-0.2, 0) is 13.0 Å². The molecule has 5 aromatic rings. The first kappa shape index (κ1) is 15.9. The van der Waals surface area contributed by atoms with Crippen molar-refractivity contribution in [2.24, 2.45) is 0 Å². The Hall–Kier alpha value is -3.33. The summed E-state index contributed by atoms with van der Waals surface area (Å²) in [6.07, 6.45) is 4.15. The molecule has 4 aromatic heterocycles. The lowest BCUT2D eigenvalue weighted by Gasteiger charge is -2.05. The van der Waals surface area contributed by atoms with Gasteiger partial charge < -0.3 is 10.2 Å². The molecule has 2 N–H and O–H groups in total. The number of benzene rings is 1. The maximum Gasteiger partial charge on any atom is 0.225 e. The molecule has 27 heavy (non-hydrogen) atoms. The van der Waals surface area contributed by atoms with Crippen molar-refractivity contribution in [2.75, 3.05) is 5.73 Å². The van der Waals surface area contributed by atoms with Gasteiger partial charge in [0.15, 0.2) is 17.1 Å². The number of anilines is 1. The molecule has 0 aliphatic rings. The van der Waals surface area contributed by atoms with Crippen LogP contribution in [0, 0.1) is 0 Å². The van der Waals surface area contributed by atoms with Gasteiger partial charge in [-0.1, -0.05) is 12.1 Å². The van der Waals surface area contributed by atoms with Crippen LogP contribution in [0.5, 0.6) is 0 Å². The van der Waals surface area contributed by atoms with E-state index in [0.717, 1.165) is 16.7 Å². The molecule has 134 valence electrons. The molecule has 0 aliphatic carbocycles. The van der Waals surface area contributed by atoms with Crippen LogP contribution in [0.25, 0.3) is 28.3 Å². The summed E-state index contributed by atoms with van der Waals surface area (Å²) in [7, 11) is 0. The van der Waals surface area contributed by atoms with Crippen molar-refractivity contribution < 1.29 is 4.42 Å². The normalized spacial score (nSPS) is 11.6. The van der Waals surface area contributed by atoms with E-state index in [9.17, 15) is 0 Å². The zero-order valence-corrected chi connectivity index (χ0v) is 15.0. The molecule has 0 fully saturated rings. The van der Waals surface area contributed by atoms with Crippen LogP contribution in [0.15, 0.2) is 58.2 Å². The zero-order chi connectivity index (χ0) is 18.4. The number of hydrogen-bond acceptors (Lipinski definition) is 7. The van der Waals surface area contributed by atoms with Crippen molar-refractivity contribution in [1.29, 1.82) is 0 Å². The minimum atomic E-state index is 0.254. The molecule has 0 atom stereocenters. The van der Waals surface area contributed by atoms with Gasteiger partial charge in [0.05, 0.1) is 17.8 Å². The van der Waals surface area contributed by atoms with Gasteiger partial charge in [-0.25, -0.2) is 9.67 Å². The quantitative estimate of drug-likeness (QED) is 0.467. The first-order valence-electron chi connectivity index (χ1n) is 8.38. The lowest BCUT2D eigenvalue weighted by atomic mass is 10.1. The Bertz CT molecular complexity index is 1240. The van der Waals surface area contributed by atoms with Crippen LogP contribution in [0.1, 0.15) is 5.56 Å². The summed E-state index contributed by atoms with van der Waals surface area (Å²) < 4.78 is 8.72. The fourth-order valence-corrected chi connectivity index (χ4v) is 3.18. The second kappa shape index (κ2) is 6.13. The van der Waals surface area contributed by atoms with E-state index in [2.05, 4.69) is 44.9 Å². The molecule has 9 heteroatoms. The fourth-order valence-electron chi connectivity index (χ4n) is 3.03. The maximum absolute atomic E-state index is 6.11. The van der Waals surface area contributed by atoms with Gasteiger partial charge >= 0.3 is 0 Å². The molecule has 0 radical (unpaired) electrons. The van der Waals surface area contributed by atoms with Crippen LogP contribution in [0.2, 0.25) is 0 Å². The number of hydrogen-bond donors (Lipinski definition) is 2. The molecule has 8 nitrogen and oxygen atoms in total. The van der Waals surface area contributed by atoms with Gasteiger partial charge in [-0.05, 0) is 36.2 Å². The van der Waals surface area contributed by atoms with Crippen LogP contribution in [0.4, 0.5) is 5.95 Å². The molecule has 4 heterocycles. The highest BCUT2D eigenvalue weighted by Crippen LogP contribution is 2.23. The lowest BCUT2D eigenvalue weighted by Crippen LogP contribution is -2.07. The van der Waals surface area contributed by atoms with Gasteiger partial charge in [-0.3, -0.25) is 0 Å². The Morgan fingerprint density at radius 3 is 2.70 bits per heavy atom. The molecule has 1 aromatic carbocycles. The third-order valence-electron chi connectivity index (χ3n) is 4.39. The highest BCUT2D eigenvalue weighted by atomic mass is 32.1. The predicted octanol–water partition coefficient (Wildman–Crippen LogP) is 2.85. The van der Waals surface area contributed by atoms with Gasteiger partial charge in [-0.2, -0.15) is 14.6 Å². The molecule has 5 rings (SSSR count). The van der Waals surface area contributed by atoms with Crippen molar-refractivity contribution >= 4 is 35.3 Å². The van der Waals surface area contributed by atoms with Gasteiger partial charge in [0, 0.05) is 11.4 Å². The molecule has 0 saturated heterocycles. The summed E-state index contributed by atoms with van der Waals surface area (Å²) in [5.74, 6) is 1.29. The van der Waals surface area contributed by atoms with Crippen molar-refractivity contribution in [3.8, 4) is 11.6 Å². The minimum absolute atomic E-state index is 0.254. The number of aryl methyl sites for hydroxylation is 2. The van der Waals surface area contributed by atoms with E-state index in [1.54, 1.807) is 24.6 Å². The molecule has 0 unspecified atom stereocenters. The number of nitrogens with two attached hydrogens (primary N) is 1. The van der Waals surface area contributed by atoms with Crippen LogP contribution in [-0.4, -0.2) is 29.4 Å². The van der Waals surface area contributed by atoms with Gasteiger partial charge in [0.1, 0.15) is 0 Å². The number of nitrogens with zero attached hydrogens (tertiary/aromatic N) is 6. The highest BCUT2D eigenvalue weighted by Gasteiger charge is 2.17. The van der Waals surface area contributed by atoms with E-state index in [1.807, 2.05) is 16.8 Å². The van der Waals surface area contributed by atoms with Crippen molar-refractivity contribution in [3.63, 3.8) is 0 Å².